The van der Waals surface area contributed by atoms with E-state index in [9.17, 15) is 9.18 Å². The fourth-order valence-corrected chi connectivity index (χ4v) is 3.61. The van der Waals surface area contributed by atoms with Gasteiger partial charge in [0.1, 0.15) is 24.0 Å². The van der Waals surface area contributed by atoms with E-state index < -0.39 is 5.82 Å². The van der Waals surface area contributed by atoms with Gasteiger partial charge in [-0.1, -0.05) is 0 Å². The minimum absolute atomic E-state index is 0.118. The lowest BCUT2D eigenvalue weighted by Gasteiger charge is -2.44. The van der Waals surface area contributed by atoms with Gasteiger partial charge in [-0.3, -0.25) is 14.6 Å². The topological polar surface area (TPSA) is 100 Å². The first-order valence-electron chi connectivity index (χ1n) is 8.82. The lowest BCUT2D eigenvalue weighted by Crippen LogP contribution is -2.64. The Bertz CT molecular complexity index is 1010. The second-order valence-electron chi connectivity index (χ2n) is 6.69. The van der Waals surface area contributed by atoms with Crippen LogP contribution in [0.3, 0.4) is 0 Å². The molecule has 0 saturated carbocycles. The Morgan fingerprint density at radius 2 is 1.89 bits per heavy atom. The number of nitrogens with zero attached hydrogens (tertiary/aromatic N) is 7. The molecule has 140 valence electrons. The molecule has 2 saturated heterocycles. The van der Waals surface area contributed by atoms with Crippen molar-refractivity contribution in [2.24, 2.45) is 0 Å². The van der Waals surface area contributed by atoms with Crippen LogP contribution < -0.4 is 4.90 Å². The number of carbonyl (C=O) groups is 1. The van der Waals surface area contributed by atoms with Gasteiger partial charge in [-0.05, 0) is 18.2 Å². The number of piperazine rings is 2. The van der Waals surface area contributed by atoms with Crippen LogP contribution in [0.5, 0.6) is 0 Å². The number of anilines is 1. The number of benzene rings is 1. The SMILES string of the molecule is N#Cc1cc(F)cc(-c2cc(N3CCN4CCN(C#N)C[C@@H]4C3=O)ncn2)c1. The van der Waals surface area contributed by atoms with Crippen molar-refractivity contribution < 1.29 is 9.18 Å². The molecule has 9 heteroatoms. The van der Waals surface area contributed by atoms with E-state index in [1.165, 1.54) is 12.4 Å². The first-order valence-corrected chi connectivity index (χ1v) is 8.82. The second kappa shape index (κ2) is 7.22. The van der Waals surface area contributed by atoms with E-state index in [0.717, 1.165) is 6.07 Å². The van der Waals surface area contributed by atoms with Gasteiger partial charge in [-0.15, -0.1) is 0 Å². The van der Waals surface area contributed by atoms with Crippen LogP contribution in [0.1, 0.15) is 5.56 Å². The van der Waals surface area contributed by atoms with Gasteiger partial charge < -0.3 is 4.90 Å². The van der Waals surface area contributed by atoms with E-state index in [1.54, 1.807) is 21.9 Å². The number of hydrogen-bond donors (Lipinski definition) is 0. The predicted molar refractivity (Wildman–Crippen MR) is 97.0 cm³/mol. The molecule has 8 nitrogen and oxygen atoms in total. The zero-order valence-corrected chi connectivity index (χ0v) is 14.9. The van der Waals surface area contributed by atoms with Crippen molar-refractivity contribution in [3.05, 3.63) is 42.0 Å². The number of hydrogen-bond acceptors (Lipinski definition) is 7. The van der Waals surface area contributed by atoms with Crippen LogP contribution in [-0.4, -0.2) is 64.4 Å². The first kappa shape index (κ1) is 17.8. The average Bonchev–Trinajstić information content (AvgIpc) is 2.73. The summed E-state index contributed by atoms with van der Waals surface area (Å²) in [5.41, 5.74) is 1.07. The molecule has 2 fully saturated rings. The van der Waals surface area contributed by atoms with Crippen molar-refractivity contribution >= 4 is 11.7 Å². The number of aromatic nitrogens is 2. The van der Waals surface area contributed by atoms with E-state index in [4.69, 9.17) is 10.5 Å². The van der Waals surface area contributed by atoms with Gasteiger partial charge in [-0.25, -0.2) is 14.4 Å². The number of rotatable bonds is 2. The molecule has 1 aromatic carbocycles. The highest BCUT2D eigenvalue weighted by Gasteiger charge is 2.39. The van der Waals surface area contributed by atoms with Crippen molar-refractivity contribution in [3.8, 4) is 23.5 Å². The van der Waals surface area contributed by atoms with Crippen molar-refractivity contribution in [2.45, 2.75) is 6.04 Å². The summed E-state index contributed by atoms with van der Waals surface area (Å²) in [6, 6.07) is 7.13. The maximum Gasteiger partial charge on any atom is 0.247 e. The third-order valence-electron chi connectivity index (χ3n) is 5.05. The molecular weight excluding hydrogens is 361 g/mol. The highest BCUT2D eigenvalue weighted by Crippen LogP contribution is 2.26. The highest BCUT2D eigenvalue weighted by molar-refractivity contribution is 5.97. The van der Waals surface area contributed by atoms with Crippen LogP contribution in [0.4, 0.5) is 10.2 Å². The first-order chi connectivity index (χ1) is 13.6. The van der Waals surface area contributed by atoms with Gasteiger partial charge in [0.05, 0.1) is 23.9 Å². The largest absolute Gasteiger partial charge is 0.307 e. The maximum atomic E-state index is 13.8. The van der Waals surface area contributed by atoms with E-state index in [1.807, 2.05) is 6.07 Å². The monoisotopic (exact) mass is 377 g/mol. The molecule has 1 aromatic heterocycles. The van der Waals surface area contributed by atoms with Gasteiger partial charge in [0, 0.05) is 37.8 Å². The third-order valence-corrected chi connectivity index (χ3v) is 5.05. The van der Waals surface area contributed by atoms with E-state index >= 15 is 0 Å². The summed E-state index contributed by atoms with van der Waals surface area (Å²) in [7, 11) is 0. The van der Waals surface area contributed by atoms with Crippen LogP contribution in [0.15, 0.2) is 30.6 Å². The zero-order chi connectivity index (χ0) is 19.7. The van der Waals surface area contributed by atoms with Crippen LogP contribution in [0.2, 0.25) is 0 Å². The Kier molecular flexibility index (Phi) is 4.60. The number of nitriles is 2. The Morgan fingerprint density at radius 3 is 2.68 bits per heavy atom. The smallest absolute Gasteiger partial charge is 0.247 e. The van der Waals surface area contributed by atoms with Gasteiger partial charge in [0.25, 0.3) is 0 Å². The van der Waals surface area contributed by atoms with Crippen molar-refractivity contribution in [2.75, 3.05) is 37.6 Å². The third kappa shape index (κ3) is 3.24. The average molecular weight is 377 g/mol. The molecule has 0 bridgehead atoms. The summed E-state index contributed by atoms with van der Waals surface area (Å²) in [6.07, 6.45) is 3.43. The lowest BCUT2D eigenvalue weighted by molar-refractivity contribution is -0.127. The summed E-state index contributed by atoms with van der Waals surface area (Å²) >= 11 is 0. The predicted octanol–water partition coefficient (Wildman–Crippen LogP) is 0.968. The minimum atomic E-state index is -0.530. The molecule has 3 heterocycles. The van der Waals surface area contributed by atoms with Crippen LogP contribution in [-0.2, 0) is 4.79 Å². The van der Waals surface area contributed by atoms with Crippen molar-refractivity contribution in [1.29, 1.82) is 10.5 Å². The summed E-state index contributed by atoms with van der Waals surface area (Å²) in [6.45, 7) is 2.82. The van der Waals surface area contributed by atoms with Gasteiger partial charge in [0.15, 0.2) is 6.19 Å². The molecule has 0 radical (unpaired) electrons. The van der Waals surface area contributed by atoms with Crippen LogP contribution >= 0.6 is 0 Å². The summed E-state index contributed by atoms with van der Waals surface area (Å²) in [5.74, 6) is -0.225. The Morgan fingerprint density at radius 1 is 1.07 bits per heavy atom. The molecule has 4 rings (SSSR count). The number of halogens is 1. The van der Waals surface area contributed by atoms with Gasteiger partial charge in [-0.2, -0.15) is 10.5 Å². The molecule has 0 spiro atoms. The number of amides is 1. The van der Waals surface area contributed by atoms with Gasteiger partial charge in [0.2, 0.25) is 5.91 Å². The quantitative estimate of drug-likeness (QED) is 0.719. The van der Waals surface area contributed by atoms with Crippen molar-refractivity contribution in [1.82, 2.24) is 19.8 Å². The normalized spacial score (nSPS) is 19.7. The Labute approximate surface area is 161 Å². The minimum Gasteiger partial charge on any atom is -0.307 e. The second-order valence-corrected chi connectivity index (χ2v) is 6.69. The van der Waals surface area contributed by atoms with Crippen LogP contribution in [0, 0.1) is 28.6 Å². The fraction of sp³-hybridized carbons (Fsp3) is 0.316. The molecule has 0 N–H and O–H groups in total. The fourth-order valence-electron chi connectivity index (χ4n) is 3.61. The maximum absolute atomic E-state index is 13.8. The lowest BCUT2D eigenvalue weighted by atomic mass is 10.1. The number of fused-ring (bicyclic) bond motifs is 1. The molecule has 0 unspecified atom stereocenters. The van der Waals surface area contributed by atoms with Crippen LogP contribution in [0.25, 0.3) is 11.3 Å². The van der Waals surface area contributed by atoms with E-state index in [2.05, 4.69) is 21.1 Å². The highest BCUT2D eigenvalue weighted by atomic mass is 19.1. The molecule has 2 aromatic rings. The molecule has 1 amide bonds. The Hall–Kier alpha value is -3.56. The Balaban J connectivity index is 1.63. The number of carbonyl (C=O) groups excluding carboxylic acids is 1. The van der Waals surface area contributed by atoms with Gasteiger partial charge >= 0.3 is 0 Å². The van der Waals surface area contributed by atoms with Crippen molar-refractivity contribution in [3.63, 3.8) is 0 Å². The molecular formula is C19H16FN7O. The zero-order valence-electron chi connectivity index (χ0n) is 14.9. The standard InChI is InChI=1S/C19H16FN7O/c20-15-6-13(9-21)5-14(7-15)16-8-18(24-12-23-16)27-4-3-26-2-1-25(11-22)10-17(26)19(27)28/h5-8,12,17H,1-4,10H2/t17-/m1/s1. The summed E-state index contributed by atoms with van der Waals surface area (Å²) in [4.78, 5) is 26.6. The summed E-state index contributed by atoms with van der Waals surface area (Å²) in [5, 5.41) is 18.2. The molecule has 0 aliphatic carbocycles. The molecule has 28 heavy (non-hydrogen) atoms. The molecule has 2 aliphatic rings. The van der Waals surface area contributed by atoms with E-state index in [0.29, 0.717) is 49.8 Å². The molecule has 2 aliphatic heterocycles. The summed E-state index contributed by atoms with van der Waals surface area (Å²) < 4.78 is 13.8. The molecule has 1 atom stereocenters. The van der Waals surface area contributed by atoms with E-state index in [-0.39, 0.29) is 17.5 Å².